The van der Waals surface area contributed by atoms with Crippen LogP contribution >= 0.6 is 38.5 Å². The normalized spacial score (nSPS) is 10.4. The third-order valence-corrected chi connectivity index (χ3v) is 4.94. The Kier molecular flexibility index (Phi) is 4.67. The van der Waals surface area contributed by atoms with Crippen LogP contribution in [0, 0.1) is 17.4 Å². The van der Waals surface area contributed by atoms with Gasteiger partial charge in [-0.3, -0.25) is 0 Å². The summed E-state index contributed by atoms with van der Waals surface area (Å²) < 4.78 is 2.46. The number of anilines is 1. The van der Waals surface area contributed by atoms with E-state index >= 15 is 0 Å². The van der Waals surface area contributed by atoms with Gasteiger partial charge in [0.1, 0.15) is 0 Å². The van der Waals surface area contributed by atoms with E-state index in [2.05, 4.69) is 94.1 Å². The molecule has 0 heterocycles. The Hall–Kier alpha value is -0.550. The predicted molar refractivity (Wildman–Crippen MR) is 90.1 cm³/mol. The molecule has 1 nitrogen and oxygen atoms in total. The molecule has 2 rings (SSSR count). The van der Waals surface area contributed by atoms with Crippen LogP contribution < -0.4 is 5.32 Å². The molecule has 94 valence electrons. The summed E-state index contributed by atoms with van der Waals surface area (Å²) in [6.45, 7) is 5.10. The number of rotatable bonds is 3. The van der Waals surface area contributed by atoms with Gasteiger partial charge in [-0.05, 0) is 71.3 Å². The molecular weight excluding hydrogens is 401 g/mol. The number of aryl methyl sites for hydroxylation is 2. The van der Waals surface area contributed by atoms with Gasteiger partial charge in [-0.2, -0.15) is 0 Å². The maximum absolute atomic E-state index is 3.52. The summed E-state index contributed by atoms with van der Waals surface area (Å²) in [5.74, 6) is 0. The van der Waals surface area contributed by atoms with Crippen LogP contribution in [0.2, 0.25) is 0 Å². The molecule has 0 unspecified atom stereocenters. The summed E-state index contributed by atoms with van der Waals surface area (Å²) in [4.78, 5) is 0. The van der Waals surface area contributed by atoms with Crippen LogP contribution in [-0.4, -0.2) is 0 Å². The highest BCUT2D eigenvalue weighted by Gasteiger charge is 1.99. The van der Waals surface area contributed by atoms with E-state index in [1.54, 1.807) is 0 Å². The predicted octanol–water partition coefficient (Wildman–Crippen LogP) is 5.28. The second kappa shape index (κ2) is 6.06. The maximum atomic E-state index is 3.52. The quantitative estimate of drug-likeness (QED) is 0.672. The van der Waals surface area contributed by atoms with Crippen LogP contribution in [0.25, 0.3) is 0 Å². The monoisotopic (exact) mass is 415 g/mol. The van der Waals surface area contributed by atoms with Crippen LogP contribution in [-0.2, 0) is 6.54 Å². The molecule has 18 heavy (non-hydrogen) atoms. The van der Waals surface area contributed by atoms with Crippen molar-refractivity contribution in [3.8, 4) is 0 Å². The van der Waals surface area contributed by atoms with Crippen LogP contribution in [0.4, 0.5) is 5.69 Å². The fourth-order valence-corrected chi connectivity index (χ4v) is 2.49. The molecule has 0 saturated heterocycles. The summed E-state index contributed by atoms with van der Waals surface area (Å²) in [7, 11) is 0. The van der Waals surface area contributed by atoms with Gasteiger partial charge in [-0.25, -0.2) is 0 Å². The number of nitrogens with one attached hydrogen (secondary N) is 1. The molecule has 0 aromatic heterocycles. The van der Waals surface area contributed by atoms with Gasteiger partial charge >= 0.3 is 0 Å². The van der Waals surface area contributed by atoms with Crippen molar-refractivity contribution in [2.75, 3.05) is 5.32 Å². The topological polar surface area (TPSA) is 12.0 Å². The fourth-order valence-electron chi connectivity index (χ4n) is 1.72. The zero-order valence-corrected chi connectivity index (χ0v) is 14.2. The van der Waals surface area contributed by atoms with Crippen LogP contribution in [0.1, 0.15) is 16.7 Å². The third-order valence-electron chi connectivity index (χ3n) is 2.89. The van der Waals surface area contributed by atoms with E-state index in [0.29, 0.717) is 0 Å². The molecule has 0 spiro atoms. The fraction of sp³-hybridized carbons (Fsp3) is 0.200. The molecule has 3 heteroatoms. The van der Waals surface area contributed by atoms with Crippen LogP contribution in [0.15, 0.2) is 40.9 Å². The van der Waals surface area contributed by atoms with Crippen molar-refractivity contribution < 1.29 is 0 Å². The van der Waals surface area contributed by atoms with Gasteiger partial charge < -0.3 is 5.32 Å². The molecule has 0 aliphatic heterocycles. The largest absolute Gasteiger partial charge is 0.381 e. The van der Waals surface area contributed by atoms with Gasteiger partial charge in [0.25, 0.3) is 0 Å². The smallest absolute Gasteiger partial charge is 0.0400 e. The Morgan fingerprint density at radius 2 is 1.83 bits per heavy atom. The van der Waals surface area contributed by atoms with Crippen molar-refractivity contribution in [2.45, 2.75) is 20.4 Å². The molecule has 0 radical (unpaired) electrons. The third kappa shape index (κ3) is 3.48. The average molecular weight is 416 g/mol. The minimum atomic E-state index is 0.854. The van der Waals surface area contributed by atoms with E-state index in [4.69, 9.17) is 0 Å². The first-order valence-electron chi connectivity index (χ1n) is 5.81. The lowest BCUT2D eigenvalue weighted by molar-refractivity contribution is 1.13. The van der Waals surface area contributed by atoms with Crippen LogP contribution in [0.5, 0.6) is 0 Å². The summed E-state index contributed by atoms with van der Waals surface area (Å²) >= 11 is 5.89. The van der Waals surface area contributed by atoms with Crippen molar-refractivity contribution in [1.29, 1.82) is 0 Å². The average Bonchev–Trinajstić information content (AvgIpc) is 2.35. The first-order chi connectivity index (χ1) is 8.56. The van der Waals surface area contributed by atoms with E-state index in [1.807, 2.05) is 0 Å². The van der Waals surface area contributed by atoms with Gasteiger partial charge in [0.2, 0.25) is 0 Å². The SMILES string of the molecule is Cc1cc(CNc2ccc(C)c(I)c2)ccc1Br. The second-order valence-corrected chi connectivity index (χ2v) is 6.42. The maximum Gasteiger partial charge on any atom is 0.0400 e. The Bertz CT molecular complexity index is 515. The molecule has 1 N–H and O–H groups in total. The highest BCUT2D eigenvalue weighted by atomic mass is 127. The lowest BCUT2D eigenvalue weighted by Crippen LogP contribution is -2.00. The Morgan fingerprint density at radius 1 is 1.06 bits per heavy atom. The molecular formula is C15H15BrIN. The first kappa shape index (κ1) is 13.9. The summed E-state index contributed by atoms with van der Waals surface area (Å²) in [6, 6.07) is 12.9. The van der Waals surface area contributed by atoms with Crippen molar-refractivity contribution in [3.05, 3.63) is 61.1 Å². The first-order valence-corrected chi connectivity index (χ1v) is 7.68. The zero-order chi connectivity index (χ0) is 13.1. The van der Waals surface area contributed by atoms with E-state index in [-0.39, 0.29) is 0 Å². The molecule has 2 aromatic carbocycles. The second-order valence-electron chi connectivity index (χ2n) is 4.40. The van der Waals surface area contributed by atoms with Gasteiger partial charge in [0.15, 0.2) is 0 Å². The van der Waals surface area contributed by atoms with E-state index < -0.39 is 0 Å². The highest BCUT2D eigenvalue weighted by Crippen LogP contribution is 2.20. The standard InChI is InChI=1S/C15H15BrIN/c1-10-3-5-13(8-15(10)17)18-9-12-4-6-14(16)11(2)7-12/h3-8,18H,9H2,1-2H3. The van der Waals surface area contributed by atoms with E-state index in [0.717, 1.165) is 11.0 Å². The number of hydrogen-bond acceptors (Lipinski definition) is 1. The number of benzene rings is 2. The van der Waals surface area contributed by atoms with Gasteiger partial charge in [-0.1, -0.05) is 34.1 Å². The van der Waals surface area contributed by atoms with E-state index in [1.165, 1.54) is 25.9 Å². The van der Waals surface area contributed by atoms with Gasteiger partial charge in [0, 0.05) is 20.3 Å². The summed E-state index contributed by atoms with van der Waals surface area (Å²) in [5.41, 5.74) is 5.06. The molecule has 0 saturated carbocycles. The molecule has 0 atom stereocenters. The van der Waals surface area contributed by atoms with E-state index in [9.17, 15) is 0 Å². The zero-order valence-electron chi connectivity index (χ0n) is 10.4. The van der Waals surface area contributed by atoms with Crippen molar-refractivity contribution in [1.82, 2.24) is 0 Å². The highest BCUT2D eigenvalue weighted by molar-refractivity contribution is 14.1. The lowest BCUT2D eigenvalue weighted by atomic mass is 10.1. The Balaban J connectivity index is 2.06. The molecule has 0 amide bonds. The van der Waals surface area contributed by atoms with Crippen molar-refractivity contribution in [2.24, 2.45) is 0 Å². The van der Waals surface area contributed by atoms with Crippen LogP contribution in [0.3, 0.4) is 0 Å². The molecule has 0 bridgehead atoms. The Labute approximate surface area is 130 Å². The summed E-state index contributed by atoms with van der Waals surface area (Å²) in [5, 5.41) is 3.46. The molecule has 2 aromatic rings. The minimum Gasteiger partial charge on any atom is -0.381 e. The van der Waals surface area contributed by atoms with Gasteiger partial charge in [-0.15, -0.1) is 0 Å². The Morgan fingerprint density at radius 3 is 2.50 bits per heavy atom. The molecule has 0 fully saturated rings. The summed E-state index contributed by atoms with van der Waals surface area (Å²) in [6.07, 6.45) is 0. The molecule has 0 aliphatic carbocycles. The number of hydrogen-bond donors (Lipinski definition) is 1. The number of halogens is 2. The molecule has 0 aliphatic rings. The minimum absolute atomic E-state index is 0.854. The van der Waals surface area contributed by atoms with Gasteiger partial charge in [0.05, 0.1) is 0 Å². The van der Waals surface area contributed by atoms with Crippen molar-refractivity contribution >= 4 is 44.2 Å². The lowest BCUT2D eigenvalue weighted by Gasteiger charge is -2.09. The van der Waals surface area contributed by atoms with Crippen molar-refractivity contribution in [3.63, 3.8) is 0 Å².